The van der Waals surface area contributed by atoms with Crippen LogP contribution >= 0.6 is 0 Å². The highest BCUT2D eigenvalue weighted by Gasteiger charge is 2.11. The van der Waals surface area contributed by atoms with Crippen molar-refractivity contribution in [2.75, 3.05) is 18.3 Å². The van der Waals surface area contributed by atoms with Gasteiger partial charge in [-0.15, -0.1) is 0 Å². The van der Waals surface area contributed by atoms with E-state index >= 15 is 0 Å². The van der Waals surface area contributed by atoms with Crippen molar-refractivity contribution in [3.63, 3.8) is 0 Å². The van der Waals surface area contributed by atoms with Gasteiger partial charge in [0.1, 0.15) is 0 Å². The minimum Gasteiger partial charge on any atom is -0.313 e. The Hall–Kier alpha value is -1.11. The van der Waals surface area contributed by atoms with E-state index in [1.54, 1.807) is 6.07 Å². The van der Waals surface area contributed by atoms with E-state index in [0.717, 1.165) is 5.56 Å². The lowest BCUT2D eigenvalue weighted by molar-refractivity contribution is 0.565. The maximum absolute atomic E-state index is 11.8. The van der Waals surface area contributed by atoms with Gasteiger partial charge >= 0.3 is 0 Å². The van der Waals surface area contributed by atoms with Gasteiger partial charge in [-0.2, -0.15) is 13.1 Å². The van der Waals surface area contributed by atoms with E-state index in [9.17, 15) is 8.42 Å². The molecule has 108 valence electrons. The monoisotopic (exact) mass is 285 g/mol. The van der Waals surface area contributed by atoms with Crippen LogP contribution in [0.2, 0.25) is 0 Å². The van der Waals surface area contributed by atoms with E-state index in [1.165, 1.54) is 0 Å². The zero-order valence-electron chi connectivity index (χ0n) is 11.9. The summed E-state index contributed by atoms with van der Waals surface area (Å²) in [6, 6.07) is 7.54. The quantitative estimate of drug-likeness (QED) is 0.716. The lowest BCUT2D eigenvalue weighted by Crippen LogP contribution is -2.32. The summed E-state index contributed by atoms with van der Waals surface area (Å²) in [5, 5.41) is 3.12. The van der Waals surface area contributed by atoms with E-state index in [0.29, 0.717) is 12.2 Å². The largest absolute Gasteiger partial charge is 0.313 e. The number of benzene rings is 1. The molecule has 1 aromatic rings. The SMILES string of the molecule is CNC(C)c1cccc(NS(=O)(=O)NCC(C)C)c1. The highest BCUT2D eigenvalue weighted by molar-refractivity contribution is 7.90. The second-order valence-corrected chi connectivity index (χ2v) is 6.48. The minimum absolute atomic E-state index is 0.174. The third-order valence-corrected chi connectivity index (χ3v) is 3.80. The molecule has 0 aliphatic heterocycles. The molecule has 0 bridgehead atoms. The molecule has 0 spiro atoms. The fourth-order valence-corrected chi connectivity index (χ4v) is 2.57. The first-order chi connectivity index (χ1) is 8.84. The first kappa shape index (κ1) is 15.9. The van der Waals surface area contributed by atoms with E-state index in [4.69, 9.17) is 0 Å². The molecule has 1 rings (SSSR count). The van der Waals surface area contributed by atoms with Gasteiger partial charge in [0, 0.05) is 12.6 Å². The molecule has 6 heteroatoms. The van der Waals surface area contributed by atoms with Gasteiger partial charge in [-0.1, -0.05) is 26.0 Å². The van der Waals surface area contributed by atoms with Crippen molar-refractivity contribution in [1.82, 2.24) is 10.0 Å². The third kappa shape index (κ3) is 5.59. The summed E-state index contributed by atoms with van der Waals surface area (Å²) in [6.45, 7) is 6.35. The van der Waals surface area contributed by atoms with Crippen LogP contribution in [0.3, 0.4) is 0 Å². The Morgan fingerprint density at radius 3 is 2.47 bits per heavy atom. The summed E-state index contributed by atoms with van der Waals surface area (Å²) in [7, 11) is -1.63. The molecule has 0 radical (unpaired) electrons. The molecule has 0 amide bonds. The Balaban J connectivity index is 2.76. The number of hydrogen-bond donors (Lipinski definition) is 3. The Morgan fingerprint density at radius 2 is 1.89 bits per heavy atom. The molecule has 0 saturated carbocycles. The lowest BCUT2D eigenvalue weighted by atomic mass is 10.1. The molecule has 5 nitrogen and oxygen atoms in total. The van der Waals surface area contributed by atoms with Crippen LogP contribution in [0.25, 0.3) is 0 Å². The summed E-state index contributed by atoms with van der Waals surface area (Å²) in [4.78, 5) is 0. The molecule has 0 aromatic heterocycles. The summed E-state index contributed by atoms with van der Waals surface area (Å²) < 4.78 is 28.7. The Morgan fingerprint density at radius 1 is 1.21 bits per heavy atom. The normalized spacial score (nSPS) is 13.5. The van der Waals surface area contributed by atoms with Crippen LogP contribution in [0.1, 0.15) is 32.4 Å². The van der Waals surface area contributed by atoms with Gasteiger partial charge in [0.15, 0.2) is 0 Å². The third-order valence-electron chi connectivity index (χ3n) is 2.75. The predicted molar refractivity (Wildman–Crippen MR) is 79.3 cm³/mol. The van der Waals surface area contributed by atoms with Crippen molar-refractivity contribution in [3.05, 3.63) is 29.8 Å². The maximum atomic E-state index is 11.8. The van der Waals surface area contributed by atoms with Crippen molar-refractivity contribution in [2.24, 2.45) is 5.92 Å². The van der Waals surface area contributed by atoms with Gasteiger partial charge in [-0.05, 0) is 37.6 Å². The molecule has 0 saturated heterocycles. The summed E-state index contributed by atoms with van der Waals surface area (Å²) in [5.74, 6) is 0.271. The highest BCUT2D eigenvalue weighted by Crippen LogP contribution is 2.17. The van der Waals surface area contributed by atoms with Crippen molar-refractivity contribution in [1.29, 1.82) is 0 Å². The van der Waals surface area contributed by atoms with Crippen LogP contribution in [0.4, 0.5) is 5.69 Å². The molecule has 0 heterocycles. The molecule has 3 N–H and O–H groups in total. The standard InChI is InChI=1S/C13H23N3O2S/c1-10(2)9-15-19(17,18)16-13-7-5-6-12(8-13)11(3)14-4/h5-8,10-11,14-16H,9H2,1-4H3. The average molecular weight is 285 g/mol. The van der Waals surface area contributed by atoms with Gasteiger partial charge in [0.2, 0.25) is 0 Å². The van der Waals surface area contributed by atoms with Crippen LogP contribution in [0, 0.1) is 5.92 Å². The maximum Gasteiger partial charge on any atom is 0.299 e. The highest BCUT2D eigenvalue weighted by atomic mass is 32.2. The molecule has 1 aromatic carbocycles. The zero-order chi connectivity index (χ0) is 14.5. The molecule has 0 aliphatic carbocycles. The first-order valence-corrected chi connectivity index (χ1v) is 7.87. The van der Waals surface area contributed by atoms with Gasteiger partial charge in [-0.25, -0.2) is 0 Å². The van der Waals surface area contributed by atoms with Crippen LogP contribution in [0.5, 0.6) is 0 Å². The van der Waals surface area contributed by atoms with Crippen LogP contribution in [0.15, 0.2) is 24.3 Å². The average Bonchev–Trinajstić information content (AvgIpc) is 2.35. The predicted octanol–water partition coefficient (Wildman–Crippen LogP) is 1.87. The number of rotatable bonds is 7. The van der Waals surface area contributed by atoms with E-state index in [1.807, 2.05) is 46.0 Å². The molecule has 19 heavy (non-hydrogen) atoms. The van der Waals surface area contributed by atoms with Gasteiger partial charge in [-0.3, -0.25) is 4.72 Å². The smallest absolute Gasteiger partial charge is 0.299 e. The molecular weight excluding hydrogens is 262 g/mol. The van der Waals surface area contributed by atoms with E-state index < -0.39 is 10.2 Å². The first-order valence-electron chi connectivity index (χ1n) is 6.38. The Kier molecular flexibility index (Phi) is 5.78. The second kappa shape index (κ2) is 6.88. The fourth-order valence-electron chi connectivity index (χ4n) is 1.51. The second-order valence-electron chi connectivity index (χ2n) is 4.98. The van der Waals surface area contributed by atoms with Crippen molar-refractivity contribution < 1.29 is 8.42 Å². The van der Waals surface area contributed by atoms with Gasteiger partial charge < -0.3 is 5.32 Å². The lowest BCUT2D eigenvalue weighted by Gasteiger charge is -2.14. The van der Waals surface area contributed by atoms with Gasteiger partial charge in [0.25, 0.3) is 10.2 Å². The fraction of sp³-hybridized carbons (Fsp3) is 0.538. The zero-order valence-corrected chi connectivity index (χ0v) is 12.7. The molecule has 0 aliphatic rings. The van der Waals surface area contributed by atoms with E-state index in [2.05, 4.69) is 14.8 Å². The summed E-state index contributed by atoms with van der Waals surface area (Å²) in [5.41, 5.74) is 1.60. The Labute approximate surface area is 116 Å². The topological polar surface area (TPSA) is 70.2 Å². The van der Waals surface area contributed by atoms with Crippen LogP contribution in [-0.2, 0) is 10.2 Å². The molecule has 1 atom stereocenters. The Bertz CT molecular complexity index is 500. The summed E-state index contributed by atoms with van der Waals surface area (Å²) >= 11 is 0. The number of hydrogen-bond acceptors (Lipinski definition) is 3. The number of anilines is 1. The van der Waals surface area contributed by atoms with Crippen LogP contribution < -0.4 is 14.8 Å². The molecule has 0 fully saturated rings. The van der Waals surface area contributed by atoms with E-state index in [-0.39, 0.29) is 12.0 Å². The molecular formula is C13H23N3O2S. The van der Waals surface area contributed by atoms with Crippen molar-refractivity contribution >= 4 is 15.9 Å². The van der Waals surface area contributed by atoms with Crippen LogP contribution in [-0.4, -0.2) is 22.0 Å². The van der Waals surface area contributed by atoms with Crippen molar-refractivity contribution in [2.45, 2.75) is 26.8 Å². The minimum atomic E-state index is -3.50. The van der Waals surface area contributed by atoms with Crippen molar-refractivity contribution in [3.8, 4) is 0 Å². The van der Waals surface area contributed by atoms with Gasteiger partial charge in [0.05, 0.1) is 5.69 Å². The number of nitrogens with one attached hydrogen (secondary N) is 3. The molecule has 1 unspecified atom stereocenters. The summed E-state index contributed by atoms with van der Waals surface area (Å²) in [6.07, 6.45) is 0.